The Hall–Kier alpha value is -8.51. The van der Waals surface area contributed by atoms with E-state index in [4.69, 9.17) is 53.6 Å². The number of hydrogen-bond donors (Lipinski definition) is 9. The number of benzene rings is 5. The summed E-state index contributed by atoms with van der Waals surface area (Å²) in [7, 11) is 3.01. The van der Waals surface area contributed by atoms with E-state index in [2.05, 4.69) is 16.0 Å². The number of anilines is 3. The van der Waals surface area contributed by atoms with Gasteiger partial charge in [-0.25, -0.2) is 14.4 Å². The molecule has 8 amide bonds. The molecule has 6 aromatic rings. The third-order valence-corrected chi connectivity index (χ3v) is 20.3. The fourth-order valence-corrected chi connectivity index (χ4v) is 14.4. The topological polar surface area (TPSA) is 373 Å². The second-order valence-electron chi connectivity index (χ2n) is 26.1. The molecule has 9 rings (SSSR count). The second kappa shape index (κ2) is 34.9. The summed E-state index contributed by atoms with van der Waals surface area (Å²) >= 11 is 14.2. The standard InChI is InChI=1S/C72H87Cl2N9O17S/c1-39(2)61(79-66(91)42(29-40(3)85)13-10-11-25-75)53(86)30-43(14-12-26-77-70(76)94)65(90)78-46-21-19-41(20-22-46)38-97-71(95)80(4)27-28-81(5)72(96)100-55-32-52-60(50-18-9-7-16-48(50)55)45(34-74)36-83(52)68(93)58-24-23-57(101-58)67(92)82-35-44(33-73)59-49-17-8-6-15-47(49)54(31-51(59)82)98-69-64(89)63(88)62(87)56(37-84)99-69/h6-9,15-24,31-32,39,42-45,56,61-64,69,84,87-89H,10-14,25-30,33-38,75H2,1-5H3,(H,78,90)(H,79,91)(H3,76,77,94)/t42-,43?,44?,45?,56?,61?,62?,63?,64?,69?/m1/s1. The van der Waals surface area contributed by atoms with Gasteiger partial charge in [-0.2, -0.15) is 0 Å². The number of amides is 8. The van der Waals surface area contributed by atoms with Gasteiger partial charge >= 0.3 is 18.2 Å². The largest absolute Gasteiger partial charge is 0.461 e. The maximum atomic E-state index is 14.8. The zero-order chi connectivity index (χ0) is 72.9. The van der Waals surface area contributed by atoms with Gasteiger partial charge in [0, 0.05) is 124 Å². The number of Topliss-reactive ketones (excluding diaryl/α,β-unsaturated/α-hetero) is 2. The van der Waals surface area contributed by atoms with Crippen LogP contribution < -0.4 is 46.7 Å². The first kappa shape index (κ1) is 76.7. The van der Waals surface area contributed by atoms with E-state index in [9.17, 15) is 63.6 Å². The van der Waals surface area contributed by atoms with Gasteiger partial charge in [0.15, 0.2) is 5.78 Å². The van der Waals surface area contributed by atoms with Crippen LogP contribution in [-0.4, -0.2) is 192 Å². The van der Waals surface area contributed by atoms with Crippen LogP contribution in [0.25, 0.3) is 21.5 Å². The van der Waals surface area contributed by atoms with Crippen molar-refractivity contribution in [3.8, 4) is 11.5 Å². The number of halogens is 2. The molecule has 0 spiro atoms. The quantitative estimate of drug-likeness (QED) is 0.0148. The monoisotopic (exact) mass is 1450 g/mol. The molecule has 26 nitrogen and oxygen atoms in total. The Bertz CT molecular complexity index is 4010. The van der Waals surface area contributed by atoms with Crippen LogP contribution >= 0.6 is 34.5 Å². The van der Waals surface area contributed by atoms with Crippen LogP contribution in [0.1, 0.15) is 114 Å². The highest BCUT2D eigenvalue weighted by Gasteiger charge is 2.46. The number of alkyl halides is 2. The van der Waals surface area contributed by atoms with Gasteiger partial charge in [0.05, 0.1) is 33.8 Å². The number of likely N-dealkylation sites (N-methyl/N-ethyl adjacent to an activating group) is 2. The fraction of sp³-hybridized carbons (Fsp3) is 0.458. The number of ether oxygens (including phenoxy) is 4. The van der Waals surface area contributed by atoms with Crippen LogP contribution in [0.5, 0.6) is 11.5 Å². The van der Waals surface area contributed by atoms with Gasteiger partial charge in [-0.15, -0.1) is 34.5 Å². The molecular weight excluding hydrogens is 1370 g/mol. The summed E-state index contributed by atoms with van der Waals surface area (Å²) in [5.74, 6) is -4.15. The van der Waals surface area contributed by atoms with Crippen LogP contribution in [0.2, 0.25) is 0 Å². The van der Waals surface area contributed by atoms with E-state index in [1.807, 2.05) is 24.3 Å². The number of hydrogen-bond acceptors (Lipinski definition) is 19. The number of nitrogens with one attached hydrogen (secondary N) is 3. The number of aliphatic hydroxyl groups is 4. The normalized spacial score (nSPS) is 19.4. The Balaban J connectivity index is 0.813. The van der Waals surface area contributed by atoms with Gasteiger partial charge in [0.2, 0.25) is 18.1 Å². The van der Waals surface area contributed by atoms with Crippen molar-refractivity contribution in [2.24, 2.45) is 29.2 Å². The maximum absolute atomic E-state index is 14.8. The fourth-order valence-electron chi connectivity index (χ4n) is 13.0. The molecule has 3 aliphatic rings. The number of thiophene rings is 1. The van der Waals surface area contributed by atoms with E-state index >= 15 is 0 Å². The molecule has 10 atom stereocenters. The number of nitrogens with two attached hydrogens (primary N) is 2. The molecule has 0 saturated carbocycles. The average molecular weight is 1450 g/mol. The number of aliphatic hydroxyl groups excluding tert-OH is 4. The van der Waals surface area contributed by atoms with Gasteiger partial charge in [0.25, 0.3) is 11.8 Å². The van der Waals surface area contributed by atoms with Crippen LogP contribution in [0.4, 0.5) is 31.4 Å². The average Bonchev–Trinajstić information content (AvgIpc) is 1.63. The van der Waals surface area contributed by atoms with E-state index in [0.29, 0.717) is 76.4 Å². The first-order chi connectivity index (χ1) is 48.4. The molecule has 4 heterocycles. The molecule has 5 aromatic carbocycles. The van der Waals surface area contributed by atoms with E-state index in [1.54, 1.807) is 96.4 Å². The number of ketones is 2. The Morgan fingerprint density at radius 2 is 1.24 bits per heavy atom. The van der Waals surface area contributed by atoms with Gasteiger partial charge in [-0.05, 0) is 96.8 Å². The smallest absolute Gasteiger partial charge is 0.415 e. The molecule has 0 radical (unpaired) electrons. The van der Waals surface area contributed by atoms with E-state index in [1.165, 1.54) is 30.8 Å². The summed E-state index contributed by atoms with van der Waals surface area (Å²) in [5.41, 5.74) is 14.3. The number of fused-ring (bicyclic) bond motifs is 6. The predicted octanol–water partition coefficient (Wildman–Crippen LogP) is 7.73. The van der Waals surface area contributed by atoms with Crippen molar-refractivity contribution in [1.82, 2.24) is 20.4 Å². The molecule has 0 bridgehead atoms. The van der Waals surface area contributed by atoms with Crippen LogP contribution in [-0.2, 0) is 35.3 Å². The lowest BCUT2D eigenvalue weighted by Crippen LogP contribution is -2.60. The maximum Gasteiger partial charge on any atom is 0.415 e. The molecule has 9 unspecified atom stereocenters. The Morgan fingerprint density at radius 3 is 1.78 bits per heavy atom. The minimum atomic E-state index is -1.70. The minimum Gasteiger partial charge on any atom is -0.461 e. The molecule has 1 saturated heterocycles. The number of carbonyl (C=O) groups excluding carboxylic acids is 9. The molecule has 29 heteroatoms. The summed E-state index contributed by atoms with van der Waals surface area (Å²) in [5, 5.41) is 52.5. The third kappa shape index (κ3) is 18.2. The highest BCUT2D eigenvalue weighted by atomic mass is 35.5. The number of unbranched alkanes of at least 4 members (excludes halogenated alkanes) is 1. The molecule has 1 fully saturated rings. The molecule has 101 heavy (non-hydrogen) atoms. The Kier molecular flexibility index (Phi) is 26.5. The molecule has 3 aliphatic heterocycles. The first-order valence-corrected chi connectivity index (χ1v) is 35.4. The zero-order valence-electron chi connectivity index (χ0n) is 56.8. The summed E-state index contributed by atoms with van der Waals surface area (Å²) in [6, 6.07) is 25.8. The number of nitrogens with zero attached hydrogens (tertiary/aromatic N) is 4. The second-order valence-corrected chi connectivity index (χ2v) is 27.8. The van der Waals surface area contributed by atoms with E-state index in [0.717, 1.165) is 22.5 Å². The summed E-state index contributed by atoms with van der Waals surface area (Å²) in [6.07, 6.45) is -7.17. The number of urea groups is 1. The Morgan fingerprint density at radius 1 is 0.693 bits per heavy atom. The summed E-state index contributed by atoms with van der Waals surface area (Å²) in [4.78, 5) is 128. The van der Waals surface area contributed by atoms with Crippen molar-refractivity contribution < 1.29 is 82.5 Å². The molecule has 11 N–H and O–H groups in total. The van der Waals surface area contributed by atoms with Crippen LogP contribution in [0.3, 0.4) is 0 Å². The Labute approximate surface area is 598 Å². The van der Waals surface area contributed by atoms with E-state index < -0.39 is 97.0 Å². The van der Waals surface area contributed by atoms with Crippen molar-refractivity contribution in [3.05, 3.63) is 124 Å². The predicted molar refractivity (Wildman–Crippen MR) is 382 cm³/mol. The molecule has 1 aromatic heterocycles. The van der Waals surface area contributed by atoms with Crippen molar-refractivity contribution >= 4 is 127 Å². The molecule has 0 aliphatic carbocycles. The van der Waals surface area contributed by atoms with Crippen molar-refractivity contribution in [2.75, 3.05) is 86.8 Å². The van der Waals surface area contributed by atoms with Crippen LogP contribution in [0, 0.1) is 17.8 Å². The number of primary amides is 1. The highest BCUT2D eigenvalue weighted by molar-refractivity contribution is 7.16. The zero-order valence-corrected chi connectivity index (χ0v) is 59.1. The third-order valence-electron chi connectivity index (χ3n) is 18.5. The van der Waals surface area contributed by atoms with Gasteiger partial charge in [-0.3, -0.25) is 24.0 Å². The summed E-state index contributed by atoms with van der Waals surface area (Å²) < 4.78 is 23.6. The first-order valence-electron chi connectivity index (χ1n) is 33.6. The SMILES string of the molecule is CC(=O)C[C@@H](CCCCN)C(=O)NC(C(=O)CC(CCCNC(N)=O)C(=O)Nc1ccc(COC(=O)N(C)CCN(C)C(=O)Oc2cc3c(c4ccccc24)C(CCl)CN3C(=O)c2ccc(C(=O)N3CC(CCl)c4c3cc(OC3OC(CO)C(O)C(O)C3O)c3ccccc43)s2)cc1)C(C)C. The highest BCUT2D eigenvalue weighted by Crippen LogP contribution is 2.49. The minimum absolute atomic E-state index is 0.0154. The van der Waals surface area contributed by atoms with Crippen molar-refractivity contribution in [1.29, 1.82) is 0 Å². The lowest BCUT2D eigenvalue weighted by Gasteiger charge is -2.39. The lowest BCUT2D eigenvalue weighted by molar-refractivity contribution is -0.277. The van der Waals surface area contributed by atoms with E-state index in [-0.39, 0.29) is 121 Å². The number of carbonyl (C=O) groups is 9. The van der Waals surface area contributed by atoms with Crippen molar-refractivity contribution in [2.45, 2.75) is 121 Å². The van der Waals surface area contributed by atoms with Gasteiger partial charge in [-0.1, -0.05) is 80.9 Å². The molecular formula is C72H87Cl2N9O17S. The summed E-state index contributed by atoms with van der Waals surface area (Å²) in [6.45, 7) is 5.14. The van der Waals surface area contributed by atoms with Crippen molar-refractivity contribution in [3.63, 3.8) is 0 Å². The molecule has 542 valence electrons. The van der Waals surface area contributed by atoms with Crippen LogP contribution in [0.15, 0.2) is 97.1 Å². The van der Waals surface area contributed by atoms with Gasteiger partial charge in [0.1, 0.15) is 48.3 Å². The van der Waals surface area contributed by atoms with Gasteiger partial charge < -0.3 is 91.2 Å². The number of rotatable bonds is 31. The lowest BCUT2D eigenvalue weighted by atomic mass is 9.88.